The van der Waals surface area contributed by atoms with Crippen molar-refractivity contribution in [2.24, 2.45) is 0 Å². The Morgan fingerprint density at radius 3 is 2.63 bits per heavy atom. The highest BCUT2D eigenvalue weighted by Gasteiger charge is 2.20. The Morgan fingerprint density at radius 2 is 1.86 bits per heavy atom. The molecular formula is C25H25F2N7O. The molecule has 0 radical (unpaired) electrons. The van der Waals surface area contributed by atoms with E-state index in [-0.39, 0.29) is 22.4 Å². The van der Waals surface area contributed by atoms with Gasteiger partial charge in [0.25, 0.3) is 5.91 Å². The van der Waals surface area contributed by atoms with Gasteiger partial charge in [0.15, 0.2) is 5.69 Å². The first-order chi connectivity index (χ1) is 16.9. The van der Waals surface area contributed by atoms with Crippen LogP contribution in [0.3, 0.4) is 0 Å². The molecule has 1 aliphatic heterocycles. The Morgan fingerprint density at radius 1 is 1.09 bits per heavy atom. The topological polar surface area (TPSA) is 88.0 Å². The van der Waals surface area contributed by atoms with Gasteiger partial charge in [-0.05, 0) is 31.5 Å². The molecule has 10 heteroatoms. The zero-order valence-corrected chi connectivity index (χ0v) is 19.5. The number of pyridine rings is 1. The number of fused-ring (bicyclic) bond motifs is 1. The Bertz CT molecular complexity index is 1410. The van der Waals surface area contributed by atoms with E-state index >= 15 is 0 Å². The molecule has 35 heavy (non-hydrogen) atoms. The second-order valence-corrected chi connectivity index (χ2v) is 8.65. The number of carbonyl (C=O) groups excluding carboxylic acids is 1. The van der Waals surface area contributed by atoms with E-state index < -0.39 is 17.5 Å². The number of piperazine rings is 1. The lowest BCUT2D eigenvalue weighted by Crippen LogP contribution is -2.43. The molecule has 3 heterocycles. The first-order valence-corrected chi connectivity index (χ1v) is 11.4. The molecule has 0 saturated carbocycles. The molecule has 0 aliphatic carbocycles. The quantitative estimate of drug-likeness (QED) is 0.458. The van der Waals surface area contributed by atoms with E-state index in [1.807, 2.05) is 31.2 Å². The number of carbonyl (C=O) groups is 1. The van der Waals surface area contributed by atoms with Gasteiger partial charge < -0.3 is 10.6 Å². The summed E-state index contributed by atoms with van der Waals surface area (Å²) in [5.74, 6) is -1.65. The molecule has 8 nitrogen and oxygen atoms in total. The Kier molecular flexibility index (Phi) is 6.23. The maximum Gasteiger partial charge on any atom is 0.279 e. The number of anilines is 1. The number of nitrogens with zero attached hydrogens (tertiary/aromatic N) is 5. The SMILES string of the molecule is Cc1ccccc1-n1nnc(C(=O)Nc2cc(F)c3cc(CN4CCNCC4)c(F)cc3n2)c1C. The van der Waals surface area contributed by atoms with E-state index in [2.05, 4.69) is 30.8 Å². The van der Waals surface area contributed by atoms with Crippen molar-refractivity contribution in [2.45, 2.75) is 20.4 Å². The van der Waals surface area contributed by atoms with Gasteiger partial charge in [-0.2, -0.15) is 0 Å². The minimum Gasteiger partial charge on any atom is -0.314 e. The second-order valence-electron chi connectivity index (χ2n) is 8.65. The Hall–Kier alpha value is -3.76. The van der Waals surface area contributed by atoms with Crippen LogP contribution >= 0.6 is 0 Å². The van der Waals surface area contributed by atoms with Crippen molar-refractivity contribution in [2.75, 3.05) is 31.5 Å². The normalized spacial score (nSPS) is 14.4. The maximum absolute atomic E-state index is 15.0. The summed E-state index contributed by atoms with van der Waals surface area (Å²) < 4.78 is 31.3. The number of para-hydroxylation sites is 1. The minimum atomic E-state index is -0.591. The first kappa shape index (κ1) is 23.0. The monoisotopic (exact) mass is 477 g/mol. The van der Waals surface area contributed by atoms with Gasteiger partial charge in [-0.3, -0.25) is 9.69 Å². The minimum absolute atomic E-state index is 0.0286. The van der Waals surface area contributed by atoms with E-state index in [0.717, 1.165) is 43.5 Å². The van der Waals surface area contributed by atoms with E-state index in [0.29, 0.717) is 17.8 Å². The fraction of sp³-hybridized carbons (Fsp3) is 0.280. The van der Waals surface area contributed by atoms with Crippen LogP contribution in [0.5, 0.6) is 0 Å². The highest BCUT2D eigenvalue weighted by Crippen LogP contribution is 2.25. The number of rotatable bonds is 5. The van der Waals surface area contributed by atoms with Crippen LogP contribution in [-0.2, 0) is 6.54 Å². The molecule has 1 aliphatic rings. The largest absolute Gasteiger partial charge is 0.314 e. The molecule has 4 aromatic rings. The van der Waals surface area contributed by atoms with Crippen molar-refractivity contribution in [3.05, 3.63) is 76.6 Å². The number of aryl methyl sites for hydroxylation is 1. The molecule has 2 aromatic heterocycles. The van der Waals surface area contributed by atoms with Gasteiger partial charge in [-0.25, -0.2) is 18.4 Å². The van der Waals surface area contributed by atoms with Gasteiger partial charge in [0.2, 0.25) is 0 Å². The average molecular weight is 478 g/mol. The molecule has 1 amide bonds. The standard InChI is InChI=1S/C25H25F2N7O/c1-15-5-3-4-6-22(15)34-16(2)24(31-32-34)25(35)30-23-13-20(27)18-11-17(19(26)12-21(18)29-23)14-33-9-7-28-8-10-33/h3-6,11-13,28H,7-10,14H2,1-2H3,(H,29,30,35). The summed E-state index contributed by atoms with van der Waals surface area (Å²) in [5, 5.41) is 14.1. The molecule has 1 fully saturated rings. The van der Waals surface area contributed by atoms with Crippen molar-refractivity contribution >= 4 is 22.6 Å². The second kappa shape index (κ2) is 9.47. The van der Waals surface area contributed by atoms with Crippen LogP contribution in [0.25, 0.3) is 16.6 Å². The van der Waals surface area contributed by atoms with Crippen molar-refractivity contribution in [1.29, 1.82) is 0 Å². The molecule has 0 spiro atoms. The Labute approximate surface area is 201 Å². The fourth-order valence-electron chi connectivity index (χ4n) is 4.29. The number of halogens is 2. The summed E-state index contributed by atoms with van der Waals surface area (Å²) in [6.07, 6.45) is 0. The number of hydrogen-bond donors (Lipinski definition) is 2. The molecule has 0 atom stereocenters. The summed E-state index contributed by atoms with van der Waals surface area (Å²) in [5.41, 5.74) is 2.94. The number of aromatic nitrogens is 4. The highest BCUT2D eigenvalue weighted by atomic mass is 19.1. The van der Waals surface area contributed by atoms with Crippen molar-refractivity contribution in [3.63, 3.8) is 0 Å². The highest BCUT2D eigenvalue weighted by molar-refractivity contribution is 6.03. The van der Waals surface area contributed by atoms with E-state index in [1.54, 1.807) is 11.6 Å². The van der Waals surface area contributed by atoms with Gasteiger partial charge in [-0.1, -0.05) is 23.4 Å². The van der Waals surface area contributed by atoms with Crippen molar-refractivity contribution in [1.82, 2.24) is 30.2 Å². The summed E-state index contributed by atoms with van der Waals surface area (Å²) in [6, 6.07) is 11.4. The summed E-state index contributed by atoms with van der Waals surface area (Å²) >= 11 is 0. The zero-order chi connectivity index (χ0) is 24.5. The van der Waals surface area contributed by atoms with Gasteiger partial charge in [0.05, 0.1) is 16.9 Å². The zero-order valence-electron chi connectivity index (χ0n) is 19.5. The molecule has 0 unspecified atom stereocenters. The van der Waals surface area contributed by atoms with Crippen molar-refractivity contribution in [3.8, 4) is 5.69 Å². The molecule has 5 rings (SSSR count). The maximum atomic E-state index is 15.0. The Balaban J connectivity index is 1.39. The van der Waals surface area contributed by atoms with Gasteiger partial charge >= 0.3 is 0 Å². The van der Waals surface area contributed by atoms with Gasteiger partial charge in [0, 0.05) is 55.8 Å². The predicted molar refractivity (Wildman–Crippen MR) is 129 cm³/mol. The van der Waals surface area contributed by atoms with Crippen LogP contribution in [0, 0.1) is 25.5 Å². The van der Waals surface area contributed by atoms with Crippen LogP contribution in [0.4, 0.5) is 14.6 Å². The number of hydrogen-bond acceptors (Lipinski definition) is 6. The lowest BCUT2D eigenvalue weighted by Gasteiger charge is -2.27. The molecule has 180 valence electrons. The number of amides is 1. The van der Waals surface area contributed by atoms with Crippen LogP contribution < -0.4 is 10.6 Å². The van der Waals surface area contributed by atoms with Crippen LogP contribution in [0.1, 0.15) is 27.3 Å². The lowest BCUT2D eigenvalue weighted by atomic mass is 10.1. The first-order valence-electron chi connectivity index (χ1n) is 11.4. The third kappa shape index (κ3) is 4.62. The molecule has 2 aromatic carbocycles. The predicted octanol–water partition coefficient (Wildman–Crippen LogP) is 3.37. The van der Waals surface area contributed by atoms with Gasteiger partial charge in [0.1, 0.15) is 17.5 Å². The van der Waals surface area contributed by atoms with Crippen LogP contribution in [-0.4, -0.2) is 57.0 Å². The molecule has 1 saturated heterocycles. The molecular weight excluding hydrogens is 452 g/mol. The van der Waals surface area contributed by atoms with E-state index in [4.69, 9.17) is 0 Å². The lowest BCUT2D eigenvalue weighted by molar-refractivity contribution is 0.102. The summed E-state index contributed by atoms with van der Waals surface area (Å²) in [6.45, 7) is 7.35. The smallest absolute Gasteiger partial charge is 0.279 e. The fourth-order valence-corrected chi connectivity index (χ4v) is 4.29. The van der Waals surface area contributed by atoms with E-state index in [1.165, 1.54) is 12.1 Å². The molecule has 2 N–H and O–H groups in total. The summed E-state index contributed by atoms with van der Waals surface area (Å²) in [7, 11) is 0. The van der Waals surface area contributed by atoms with Gasteiger partial charge in [-0.15, -0.1) is 5.10 Å². The summed E-state index contributed by atoms with van der Waals surface area (Å²) in [4.78, 5) is 19.3. The average Bonchev–Trinajstić information content (AvgIpc) is 3.22. The van der Waals surface area contributed by atoms with Crippen molar-refractivity contribution < 1.29 is 13.6 Å². The van der Waals surface area contributed by atoms with E-state index in [9.17, 15) is 13.6 Å². The van der Waals surface area contributed by atoms with Crippen LogP contribution in [0.2, 0.25) is 0 Å². The third-order valence-electron chi connectivity index (χ3n) is 6.22. The van der Waals surface area contributed by atoms with Crippen LogP contribution in [0.15, 0.2) is 42.5 Å². The number of benzene rings is 2. The third-order valence-corrected chi connectivity index (χ3v) is 6.22. The number of nitrogens with one attached hydrogen (secondary N) is 2. The molecule has 0 bridgehead atoms.